The van der Waals surface area contributed by atoms with Crippen LogP contribution in [0.3, 0.4) is 0 Å². The maximum atomic E-state index is 14.9. The van der Waals surface area contributed by atoms with Gasteiger partial charge in [-0.05, 0) is 47.9 Å². The molecule has 3 aromatic carbocycles. The van der Waals surface area contributed by atoms with Gasteiger partial charge in [0.25, 0.3) is 0 Å². The van der Waals surface area contributed by atoms with Crippen molar-refractivity contribution in [2.75, 3.05) is 42.2 Å². The van der Waals surface area contributed by atoms with E-state index < -0.39 is 107 Å². The number of carbonyl (C=O) groups is 6. The predicted octanol–water partition coefficient (Wildman–Crippen LogP) is 4.02. The van der Waals surface area contributed by atoms with Gasteiger partial charge < -0.3 is 52.1 Å². The summed E-state index contributed by atoms with van der Waals surface area (Å²) >= 11 is 0. The van der Waals surface area contributed by atoms with Crippen molar-refractivity contribution < 1.29 is 80.9 Å². The zero-order valence-electron chi connectivity index (χ0n) is 36.6. The van der Waals surface area contributed by atoms with E-state index in [1.165, 1.54) is 7.11 Å². The number of hydrogen-bond acceptors (Lipinski definition) is 17. The van der Waals surface area contributed by atoms with Crippen LogP contribution < -0.4 is 9.47 Å². The van der Waals surface area contributed by atoms with Crippen LogP contribution in [-0.2, 0) is 77.0 Å². The van der Waals surface area contributed by atoms with Gasteiger partial charge >= 0.3 is 35.8 Å². The highest BCUT2D eigenvalue weighted by Gasteiger charge is 2.94. The van der Waals surface area contributed by atoms with E-state index in [4.69, 9.17) is 52.1 Å². The van der Waals surface area contributed by atoms with E-state index in [1.54, 1.807) is 52.3 Å². The maximum absolute atomic E-state index is 14.9. The van der Waals surface area contributed by atoms with E-state index >= 15 is 0 Å². The van der Waals surface area contributed by atoms with Crippen molar-refractivity contribution in [2.45, 2.75) is 87.9 Å². The fourth-order valence-electron chi connectivity index (χ4n) is 10.3. The molecule has 4 bridgehead atoms. The Hall–Kier alpha value is -6.04. The molecule has 2 unspecified atom stereocenters. The summed E-state index contributed by atoms with van der Waals surface area (Å²) in [5, 5.41) is 0. The third kappa shape index (κ3) is 7.22. The number of methoxy groups -OCH3 is 5. The molecule has 4 aliphatic rings. The average molecular weight is 889 g/mol. The first-order chi connectivity index (χ1) is 30.8. The van der Waals surface area contributed by atoms with Gasteiger partial charge in [0.2, 0.25) is 0 Å². The molecule has 7 rings (SSSR count). The summed E-state index contributed by atoms with van der Waals surface area (Å²) in [6, 6.07) is 23.6. The molecule has 0 aliphatic carbocycles. The molecule has 0 radical (unpaired) electrons. The molecule has 4 saturated heterocycles. The molecule has 0 amide bonds. The Balaban J connectivity index is 1.43. The number of carbonyl (C=O) groups excluding carboxylic acids is 6. The predicted molar refractivity (Wildman–Crippen MR) is 219 cm³/mol. The van der Waals surface area contributed by atoms with Gasteiger partial charge in [-0.2, -0.15) is 0 Å². The van der Waals surface area contributed by atoms with Crippen molar-refractivity contribution in [2.24, 2.45) is 16.7 Å². The Morgan fingerprint density at radius 2 is 0.969 bits per heavy atom. The van der Waals surface area contributed by atoms with Crippen LogP contribution in [0.5, 0.6) is 11.5 Å². The SMILES string of the molecule is CCOC(=O)CCC(=O)O[C@H]1[C@@H](OC(c2ccccc2)(c2ccc(OC)cc2)c2ccc(OC)cc2)C2O[C@@H]1[C@]1(C(=O)OC)[C@@H]3OC([C@@H](C)[C@H]3OC(=O)CCC(=O)OC)[C@]21C(=O)OC. The highest BCUT2D eigenvalue weighted by atomic mass is 16.7. The van der Waals surface area contributed by atoms with Gasteiger partial charge in [-0.1, -0.05) is 61.5 Å². The summed E-state index contributed by atoms with van der Waals surface area (Å²) < 4.78 is 65.3. The van der Waals surface area contributed by atoms with E-state index in [-0.39, 0.29) is 25.9 Å². The van der Waals surface area contributed by atoms with Gasteiger partial charge in [0.1, 0.15) is 58.4 Å². The zero-order valence-corrected chi connectivity index (χ0v) is 36.6. The second kappa shape index (κ2) is 18.6. The Kier molecular flexibility index (Phi) is 13.4. The van der Waals surface area contributed by atoms with Crippen LogP contribution in [0.4, 0.5) is 0 Å². The largest absolute Gasteiger partial charge is 0.497 e. The molecular weight excluding hydrogens is 837 g/mol. The normalized spacial score (nSPS) is 28.4. The molecular formula is C47H52O17. The highest BCUT2D eigenvalue weighted by Crippen LogP contribution is 2.74. The van der Waals surface area contributed by atoms with Crippen molar-refractivity contribution in [1.29, 1.82) is 0 Å². The third-order valence-electron chi connectivity index (χ3n) is 12.9. The van der Waals surface area contributed by atoms with E-state index in [0.29, 0.717) is 28.2 Å². The van der Waals surface area contributed by atoms with Crippen LogP contribution in [0, 0.1) is 16.7 Å². The molecule has 342 valence electrons. The summed E-state index contributed by atoms with van der Waals surface area (Å²) in [6.45, 7) is 3.43. The topological polar surface area (TPSA) is 204 Å². The monoisotopic (exact) mass is 888 g/mol. The summed E-state index contributed by atoms with van der Waals surface area (Å²) in [7, 11) is 6.56. The molecule has 4 fully saturated rings. The molecule has 0 N–H and O–H groups in total. The third-order valence-corrected chi connectivity index (χ3v) is 12.9. The van der Waals surface area contributed by atoms with Gasteiger partial charge in [-0.25, -0.2) is 0 Å². The van der Waals surface area contributed by atoms with Gasteiger partial charge in [0, 0.05) is 5.92 Å². The maximum Gasteiger partial charge on any atom is 0.318 e. The second-order valence-electron chi connectivity index (χ2n) is 15.9. The van der Waals surface area contributed by atoms with Crippen molar-refractivity contribution >= 4 is 35.8 Å². The van der Waals surface area contributed by atoms with Gasteiger partial charge in [0.15, 0.2) is 6.10 Å². The molecule has 17 heteroatoms. The van der Waals surface area contributed by atoms with Gasteiger partial charge in [-0.15, -0.1) is 0 Å². The molecule has 10 atom stereocenters. The van der Waals surface area contributed by atoms with Crippen LogP contribution >= 0.6 is 0 Å². The lowest BCUT2D eigenvalue weighted by atomic mass is 9.46. The average Bonchev–Trinajstić information content (AvgIpc) is 4.04. The number of fused-ring (bicyclic) bond motifs is 9. The second-order valence-corrected chi connectivity index (χ2v) is 15.9. The smallest absolute Gasteiger partial charge is 0.318 e. The Morgan fingerprint density at radius 3 is 1.47 bits per heavy atom. The number of ether oxygens (including phenoxy) is 11. The van der Waals surface area contributed by atoms with E-state index in [2.05, 4.69) is 0 Å². The summed E-state index contributed by atoms with van der Waals surface area (Å²) in [4.78, 5) is 81.5. The van der Waals surface area contributed by atoms with Crippen molar-refractivity contribution in [3.8, 4) is 11.5 Å². The van der Waals surface area contributed by atoms with E-state index in [0.717, 1.165) is 14.2 Å². The van der Waals surface area contributed by atoms with Crippen molar-refractivity contribution in [3.63, 3.8) is 0 Å². The number of rotatable bonds is 18. The first kappa shape index (κ1) is 46.0. The van der Waals surface area contributed by atoms with Gasteiger partial charge in [0.05, 0.1) is 73.9 Å². The fourth-order valence-corrected chi connectivity index (χ4v) is 10.3. The number of benzene rings is 3. The lowest BCUT2D eigenvalue weighted by Gasteiger charge is -2.54. The molecule has 64 heavy (non-hydrogen) atoms. The van der Waals surface area contributed by atoms with Crippen molar-refractivity contribution in [1.82, 2.24) is 0 Å². The van der Waals surface area contributed by atoms with E-state index in [9.17, 15) is 28.8 Å². The summed E-state index contributed by atoms with van der Waals surface area (Å²) in [5.41, 5.74) is -4.03. The van der Waals surface area contributed by atoms with Crippen LogP contribution in [0.25, 0.3) is 0 Å². The Labute approximate surface area is 369 Å². The first-order valence-corrected chi connectivity index (χ1v) is 20.9. The van der Waals surface area contributed by atoms with Crippen LogP contribution in [0.2, 0.25) is 0 Å². The number of hydrogen-bond donors (Lipinski definition) is 0. The van der Waals surface area contributed by atoms with Gasteiger partial charge in [-0.3, -0.25) is 28.8 Å². The van der Waals surface area contributed by atoms with Crippen LogP contribution in [0.15, 0.2) is 78.9 Å². The summed E-state index contributed by atoms with van der Waals surface area (Å²) in [5.74, 6) is -4.49. The van der Waals surface area contributed by atoms with Crippen molar-refractivity contribution in [3.05, 3.63) is 95.6 Å². The molecule has 4 heterocycles. The van der Waals surface area contributed by atoms with Crippen LogP contribution in [0.1, 0.15) is 56.2 Å². The quantitative estimate of drug-likeness (QED) is 0.101. The number of esters is 6. The molecule has 0 aromatic heterocycles. The lowest BCUT2D eigenvalue weighted by Crippen LogP contribution is -2.75. The molecule has 0 spiro atoms. The molecule has 4 aliphatic heterocycles. The standard InChI is InChI=1S/C47H52O17/c1-8-59-33(49)23-25-35(51)61-37-38(64-47(27-12-10-9-11-13-27,28-14-18-30(54-3)19-15-28)29-16-20-31(55-4)21-17-29)42-45(43(52)57-6)39-26(2)36(60-34(50)24-22-32(48)56-5)40(62-39)46(45,41(37)63-42)44(53)58-7/h9-21,26,36-42H,8,22-25H2,1-7H3/t26-,36+,37-,38+,39?,40+,41-,42?,45+,46-/m0/s1. The van der Waals surface area contributed by atoms with Crippen LogP contribution in [-0.4, -0.2) is 121 Å². The van der Waals surface area contributed by atoms with E-state index in [1.807, 2.05) is 54.6 Å². The zero-order chi connectivity index (χ0) is 46.0. The summed E-state index contributed by atoms with van der Waals surface area (Å²) in [6.07, 6.45) is -11.1. The minimum atomic E-state index is -2.18. The lowest BCUT2D eigenvalue weighted by molar-refractivity contribution is -0.217. The minimum Gasteiger partial charge on any atom is -0.497 e. The Bertz CT molecular complexity index is 2160. The highest BCUT2D eigenvalue weighted by molar-refractivity contribution is 5.94. The fraction of sp³-hybridized carbons (Fsp3) is 0.489. The molecule has 3 aromatic rings. The Morgan fingerprint density at radius 1 is 0.531 bits per heavy atom. The molecule has 0 saturated carbocycles. The minimum absolute atomic E-state index is 0.0922. The first-order valence-electron chi connectivity index (χ1n) is 20.9. The molecule has 17 nitrogen and oxygen atoms in total.